The van der Waals surface area contributed by atoms with E-state index in [1.807, 2.05) is 24.3 Å². The van der Waals surface area contributed by atoms with Crippen LogP contribution in [-0.4, -0.2) is 28.4 Å². The zero-order valence-electron chi connectivity index (χ0n) is 7.77. The molecule has 0 aliphatic heterocycles. The Morgan fingerprint density at radius 1 is 1.07 bits per heavy atom. The number of hydrogen-bond acceptors (Lipinski definition) is 1. The van der Waals surface area contributed by atoms with Crippen LogP contribution >= 0.6 is 15.9 Å². The summed E-state index contributed by atoms with van der Waals surface area (Å²) in [6.07, 6.45) is 0. The number of aromatic carboxylic acids is 1. The Morgan fingerprint density at radius 3 is 2.33 bits per heavy atom. The summed E-state index contributed by atoms with van der Waals surface area (Å²) < 4.78 is 0.915. The van der Waals surface area contributed by atoms with Crippen molar-refractivity contribution in [3.63, 3.8) is 0 Å². The molecule has 4 heteroatoms. The van der Waals surface area contributed by atoms with Crippen LogP contribution in [0.4, 0.5) is 0 Å². The van der Waals surface area contributed by atoms with E-state index >= 15 is 0 Å². The lowest BCUT2D eigenvalue weighted by molar-refractivity contribution is 0.0699. The normalized spacial score (nSPS) is 9.67. The molecule has 0 unspecified atom stereocenters. The van der Waals surface area contributed by atoms with E-state index < -0.39 is 5.97 Å². The Bertz CT molecular complexity index is 511. The predicted octanol–water partition coefficient (Wildman–Crippen LogP) is 2.92. The first-order valence-corrected chi connectivity index (χ1v) is 4.90. The van der Waals surface area contributed by atoms with E-state index in [-0.39, 0.29) is 17.4 Å². The maximum atomic E-state index is 10.9. The molecular formula is C11H7AlBrO2. The predicted molar refractivity (Wildman–Crippen MR) is 64.4 cm³/mol. The van der Waals surface area contributed by atoms with E-state index in [0.717, 1.165) is 15.2 Å². The number of fused-ring (bicyclic) bond motifs is 1. The molecule has 2 nitrogen and oxygen atoms in total. The molecule has 73 valence electrons. The topological polar surface area (TPSA) is 37.3 Å². The van der Waals surface area contributed by atoms with Crippen molar-refractivity contribution in [2.45, 2.75) is 0 Å². The molecule has 2 aromatic rings. The molecule has 0 spiro atoms. The number of benzene rings is 2. The van der Waals surface area contributed by atoms with E-state index in [2.05, 4.69) is 15.9 Å². The van der Waals surface area contributed by atoms with Gasteiger partial charge in [0.15, 0.2) is 0 Å². The standard InChI is InChI=1S/C11H7BrO2.Al/c12-10-6-2-3-7-8(10)4-1-5-9(7)11(13)14;/h1-6H,(H,13,14);. The Labute approximate surface area is 106 Å². The molecule has 2 aromatic carbocycles. The van der Waals surface area contributed by atoms with E-state index in [4.69, 9.17) is 5.11 Å². The highest BCUT2D eigenvalue weighted by Crippen LogP contribution is 2.26. The summed E-state index contributed by atoms with van der Waals surface area (Å²) in [5.41, 5.74) is 0.337. The van der Waals surface area contributed by atoms with Gasteiger partial charge < -0.3 is 5.11 Å². The van der Waals surface area contributed by atoms with Gasteiger partial charge in [-0.3, -0.25) is 0 Å². The summed E-state index contributed by atoms with van der Waals surface area (Å²) >= 11 is 3.39. The van der Waals surface area contributed by atoms with E-state index in [1.165, 1.54) is 0 Å². The zero-order chi connectivity index (χ0) is 10.1. The maximum absolute atomic E-state index is 10.9. The highest BCUT2D eigenvalue weighted by Gasteiger charge is 2.08. The summed E-state index contributed by atoms with van der Waals surface area (Å²) in [6.45, 7) is 0. The Kier molecular flexibility index (Phi) is 3.92. The van der Waals surface area contributed by atoms with Crippen molar-refractivity contribution < 1.29 is 9.90 Å². The van der Waals surface area contributed by atoms with Crippen LogP contribution in [0, 0.1) is 0 Å². The molecule has 15 heavy (non-hydrogen) atoms. The van der Waals surface area contributed by atoms with Crippen molar-refractivity contribution in [2.75, 3.05) is 0 Å². The van der Waals surface area contributed by atoms with Crippen molar-refractivity contribution in [2.24, 2.45) is 0 Å². The maximum Gasteiger partial charge on any atom is 0.336 e. The second-order valence-corrected chi connectivity index (χ2v) is 3.80. The zero-order valence-corrected chi connectivity index (χ0v) is 10.5. The molecule has 0 amide bonds. The largest absolute Gasteiger partial charge is 0.478 e. The fraction of sp³-hybridized carbons (Fsp3) is 0. The molecule has 0 aromatic heterocycles. The van der Waals surface area contributed by atoms with Crippen LogP contribution in [0.5, 0.6) is 0 Å². The van der Waals surface area contributed by atoms with Crippen molar-refractivity contribution in [1.29, 1.82) is 0 Å². The third-order valence-electron chi connectivity index (χ3n) is 2.10. The third kappa shape index (κ3) is 2.23. The fourth-order valence-corrected chi connectivity index (χ4v) is 1.96. The lowest BCUT2D eigenvalue weighted by atomic mass is 10.1. The van der Waals surface area contributed by atoms with Gasteiger partial charge in [-0.15, -0.1) is 0 Å². The molecule has 3 radical (unpaired) electrons. The second kappa shape index (κ2) is 4.80. The molecule has 0 fully saturated rings. The van der Waals surface area contributed by atoms with Crippen LogP contribution in [0.15, 0.2) is 40.9 Å². The first kappa shape index (κ1) is 12.3. The summed E-state index contributed by atoms with van der Waals surface area (Å²) in [4.78, 5) is 10.9. The molecular weight excluding hydrogens is 271 g/mol. The second-order valence-electron chi connectivity index (χ2n) is 2.95. The molecule has 0 saturated carbocycles. The van der Waals surface area contributed by atoms with Gasteiger partial charge in [0.1, 0.15) is 0 Å². The van der Waals surface area contributed by atoms with E-state index in [0.29, 0.717) is 5.56 Å². The van der Waals surface area contributed by atoms with E-state index in [1.54, 1.807) is 12.1 Å². The highest BCUT2D eigenvalue weighted by atomic mass is 79.9. The smallest absolute Gasteiger partial charge is 0.336 e. The Morgan fingerprint density at radius 2 is 1.67 bits per heavy atom. The van der Waals surface area contributed by atoms with Gasteiger partial charge in [-0.05, 0) is 22.9 Å². The SMILES string of the molecule is O=C(O)c1cccc2c(Br)cccc12.[Al]. The molecule has 0 aliphatic carbocycles. The number of rotatable bonds is 1. The van der Waals surface area contributed by atoms with Crippen molar-refractivity contribution in [1.82, 2.24) is 0 Å². The Balaban J connectivity index is 0.00000112. The third-order valence-corrected chi connectivity index (χ3v) is 2.79. The van der Waals surface area contributed by atoms with Crippen molar-refractivity contribution in [3.8, 4) is 0 Å². The van der Waals surface area contributed by atoms with E-state index in [9.17, 15) is 4.79 Å². The number of hydrogen-bond donors (Lipinski definition) is 1. The average molecular weight is 278 g/mol. The minimum Gasteiger partial charge on any atom is -0.478 e. The van der Waals surface area contributed by atoms with Crippen LogP contribution in [0.3, 0.4) is 0 Å². The van der Waals surface area contributed by atoms with Gasteiger partial charge in [0, 0.05) is 21.8 Å². The van der Waals surface area contributed by atoms with Crippen LogP contribution < -0.4 is 0 Å². The molecule has 0 saturated heterocycles. The van der Waals surface area contributed by atoms with Crippen LogP contribution in [-0.2, 0) is 0 Å². The molecule has 2 rings (SSSR count). The van der Waals surface area contributed by atoms with Crippen LogP contribution in [0.1, 0.15) is 10.4 Å². The Hall–Kier alpha value is -0.818. The number of halogens is 1. The highest BCUT2D eigenvalue weighted by molar-refractivity contribution is 9.10. The van der Waals surface area contributed by atoms with Crippen molar-refractivity contribution in [3.05, 3.63) is 46.4 Å². The number of carboxylic acid groups (broad SMARTS) is 1. The summed E-state index contributed by atoms with van der Waals surface area (Å²) in [7, 11) is 0. The van der Waals surface area contributed by atoms with Crippen LogP contribution in [0.25, 0.3) is 10.8 Å². The van der Waals surface area contributed by atoms with Crippen LogP contribution in [0.2, 0.25) is 0 Å². The summed E-state index contributed by atoms with van der Waals surface area (Å²) in [5, 5.41) is 10.6. The molecule has 0 aliphatic rings. The van der Waals surface area contributed by atoms with Crippen molar-refractivity contribution >= 4 is 50.0 Å². The summed E-state index contributed by atoms with van der Waals surface area (Å²) in [6, 6.07) is 10.8. The lowest BCUT2D eigenvalue weighted by Crippen LogP contribution is -1.96. The van der Waals surface area contributed by atoms with Gasteiger partial charge in [-0.2, -0.15) is 0 Å². The van der Waals surface area contributed by atoms with Gasteiger partial charge in [0.05, 0.1) is 5.56 Å². The molecule has 0 bridgehead atoms. The van der Waals surface area contributed by atoms with Gasteiger partial charge in [0.2, 0.25) is 0 Å². The lowest BCUT2D eigenvalue weighted by Gasteiger charge is -2.03. The number of carbonyl (C=O) groups is 1. The minimum absolute atomic E-state index is 0. The monoisotopic (exact) mass is 277 g/mol. The van der Waals surface area contributed by atoms with Gasteiger partial charge in [-0.25, -0.2) is 4.79 Å². The number of carboxylic acids is 1. The first-order valence-electron chi connectivity index (χ1n) is 4.10. The fourth-order valence-electron chi connectivity index (χ4n) is 1.46. The van der Waals surface area contributed by atoms with Gasteiger partial charge in [0.25, 0.3) is 0 Å². The minimum atomic E-state index is -0.895. The molecule has 1 N–H and O–H groups in total. The molecule has 0 atom stereocenters. The summed E-state index contributed by atoms with van der Waals surface area (Å²) in [5.74, 6) is -0.895. The quantitative estimate of drug-likeness (QED) is 0.814. The van der Waals surface area contributed by atoms with Gasteiger partial charge in [-0.1, -0.05) is 40.2 Å². The average Bonchev–Trinajstić information content (AvgIpc) is 2.17. The molecule has 0 heterocycles. The van der Waals surface area contributed by atoms with Gasteiger partial charge >= 0.3 is 5.97 Å². The first-order chi connectivity index (χ1) is 6.70.